The first kappa shape index (κ1) is 15.7. The van der Waals surface area contributed by atoms with Crippen LogP contribution >= 0.6 is 0 Å². The van der Waals surface area contributed by atoms with E-state index in [0.29, 0.717) is 12.5 Å². The van der Waals surface area contributed by atoms with Gasteiger partial charge < -0.3 is 4.74 Å². The van der Waals surface area contributed by atoms with Gasteiger partial charge >= 0.3 is 0 Å². The van der Waals surface area contributed by atoms with Crippen molar-refractivity contribution in [1.29, 1.82) is 0 Å². The molecule has 1 radical (unpaired) electrons. The Labute approximate surface area is 112 Å². The second-order valence-electron chi connectivity index (χ2n) is 6.19. The van der Waals surface area contributed by atoms with E-state index in [1.165, 1.54) is 19.3 Å². The van der Waals surface area contributed by atoms with Crippen molar-refractivity contribution in [2.75, 3.05) is 6.61 Å². The zero-order chi connectivity index (χ0) is 13.4. The van der Waals surface area contributed by atoms with E-state index in [2.05, 4.69) is 20.8 Å². The molecule has 0 aromatic rings. The molecule has 0 aromatic heterocycles. The largest absolute Gasteiger partial charge is 0.378 e. The van der Waals surface area contributed by atoms with Crippen LogP contribution in [0.2, 0.25) is 0 Å². The molecule has 0 spiro atoms. The Kier molecular flexibility index (Phi) is 7.57. The predicted molar refractivity (Wildman–Crippen MR) is 75.2 cm³/mol. The fourth-order valence-electron chi connectivity index (χ4n) is 3.02. The third kappa shape index (κ3) is 5.51. The fourth-order valence-corrected chi connectivity index (χ4v) is 3.02. The van der Waals surface area contributed by atoms with E-state index in [0.717, 1.165) is 43.6 Å². The first-order valence-corrected chi connectivity index (χ1v) is 7.61. The Morgan fingerprint density at radius 1 is 1.22 bits per heavy atom. The van der Waals surface area contributed by atoms with Gasteiger partial charge in [-0.1, -0.05) is 33.6 Å². The SMILES string of the molecule is CC1CCC(C(C)C)C(OCCCCC[C]=O)C1. The van der Waals surface area contributed by atoms with Gasteiger partial charge in [0.25, 0.3) is 0 Å². The quantitative estimate of drug-likeness (QED) is 0.608. The first-order valence-electron chi connectivity index (χ1n) is 7.61. The number of hydrogen-bond acceptors (Lipinski definition) is 2. The van der Waals surface area contributed by atoms with Crippen LogP contribution in [0.1, 0.15) is 65.7 Å². The van der Waals surface area contributed by atoms with Crippen LogP contribution in [-0.2, 0) is 9.53 Å². The predicted octanol–water partition coefficient (Wildman–Crippen LogP) is 4.13. The van der Waals surface area contributed by atoms with Crippen LogP contribution in [0, 0.1) is 17.8 Å². The molecule has 0 heterocycles. The van der Waals surface area contributed by atoms with E-state index in [-0.39, 0.29) is 0 Å². The summed E-state index contributed by atoms with van der Waals surface area (Å²) in [6.45, 7) is 7.83. The molecule has 3 unspecified atom stereocenters. The smallest absolute Gasteiger partial charge is 0.198 e. The molecule has 105 valence electrons. The summed E-state index contributed by atoms with van der Waals surface area (Å²) in [5, 5.41) is 0. The van der Waals surface area contributed by atoms with Crippen LogP contribution in [0.3, 0.4) is 0 Å². The van der Waals surface area contributed by atoms with Gasteiger partial charge in [0.05, 0.1) is 6.10 Å². The molecule has 1 fully saturated rings. The Bertz CT molecular complexity index is 225. The van der Waals surface area contributed by atoms with Crippen molar-refractivity contribution in [2.45, 2.75) is 71.8 Å². The molecule has 0 amide bonds. The van der Waals surface area contributed by atoms with Gasteiger partial charge in [-0.25, -0.2) is 0 Å². The molecular weight excluding hydrogens is 224 g/mol. The Morgan fingerprint density at radius 2 is 2.00 bits per heavy atom. The van der Waals surface area contributed by atoms with E-state index < -0.39 is 0 Å². The lowest BCUT2D eigenvalue weighted by Crippen LogP contribution is -2.34. The highest BCUT2D eigenvalue weighted by Crippen LogP contribution is 2.35. The topological polar surface area (TPSA) is 26.3 Å². The van der Waals surface area contributed by atoms with Crippen LogP contribution in [0.15, 0.2) is 0 Å². The van der Waals surface area contributed by atoms with Crippen molar-refractivity contribution in [3.63, 3.8) is 0 Å². The minimum Gasteiger partial charge on any atom is -0.378 e. The van der Waals surface area contributed by atoms with Crippen molar-refractivity contribution < 1.29 is 9.53 Å². The molecule has 2 nitrogen and oxygen atoms in total. The highest BCUT2D eigenvalue weighted by molar-refractivity contribution is 5.50. The first-order chi connectivity index (χ1) is 8.65. The van der Waals surface area contributed by atoms with E-state index >= 15 is 0 Å². The van der Waals surface area contributed by atoms with Gasteiger partial charge in [-0.15, -0.1) is 0 Å². The Morgan fingerprint density at radius 3 is 2.67 bits per heavy atom. The fraction of sp³-hybridized carbons (Fsp3) is 0.938. The monoisotopic (exact) mass is 253 g/mol. The molecule has 0 saturated heterocycles. The molecule has 2 heteroatoms. The van der Waals surface area contributed by atoms with Gasteiger partial charge in [0.2, 0.25) is 0 Å². The average molecular weight is 253 g/mol. The van der Waals surface area contributed by atoms with E-state index in [1.807, 2.05) is 6.29 Å². The molecule has 0 aliphatic heterocycles. The third-order valence-electron chi connectivity index (χ3n) is 4.22. The molecular formula is C16H29O2. The lowest BCUT2D eigenvalue weighted by Gasteiger charge is -2.37. The van der Waals surface area contributed by atoms with Crippen LogP contribution in [-0.4, -0.2) is 19.0 Å². The van der Waals surface area contributed by atoms with Gasteiger partial charge in [-0.3, -0.25) is 4.79 Å². The van der Waals surface area contributed by atoms with Crippen LogP contribution in [0.4, 0.5) is 0 Å². The highest BCUT2D eigenvalue weighted by Gasteiger charge is 2.31. The summed E-state index contributed by atoms with van der Waals surface area (Å²) in [6, 6.07) is 0. The van der Waals surface area contributed by atoms with Crippen molar-refractivity contribution in [3.8, 4) is 0 Å². The van der Waals surface area contributed by atoms with E-state index in [9.17, 15) is 4.79 Å². The minimum absolute atomic E-state index is 0.464. The number of ether oxygens (including phenoxy) is 1. The van der Waals surface area contributed by atoms with Gasteiger partial charge in [0, 0.05) is 13.0 Å². The average Bonchev–Trinajstić information content (AvgIpc) is 2.33. The molecule has 1 aliphatic carbocycles. The van der Waals surface area contributed by atoms with E-state index in [1.54, 1.807) is 0 Å². The number of hydrogen-bond donors (Lipinski definition) is 0. The standard InChI is InChI=1S/C16H29O2/c1-13(2)15-9-8-14(3)12-16(15)18-11-7-5-4-6-10-17/h13-16H,4-9,11-12H2,1-3H3. The molecule has 1 saturated carbocycles. The normalized spacial score (nSPS) is 28.6. The summed E-state index contributed by atoms with van der Waals surface area (Å²) in [6.07, 6.45) is 10.0. The van der Waals surface area contributed by atoms with Crippen LogP contribution in [0.5, 0.6) is 0 Å². The molecule has 3 atom stereocenters. The summed E-state index contributed by atoms with van der Waals surface area (Å²) in [5.74, 6) is 2.28. The zero-order valence-corrected chi connectivity index (χ0v) is 12.3. The van der Waals surface area contributed by atoms with Crippen molar-refractivity contribution in [3.05, 3.63) is 0 Å². The van der Waals surface area contributed by atoms with Crippen molar-refractivity contribution in [2.24, 2.45) is 17.8 Å². The summed E-state index contributed by atoms with van der Waals surface area (Å²) >= 11 is 0. The Hall–Kier alpha value is -0.370. The molecule has 0 bridgehead atoms. The molecule has 1 aliphatic rings. The van der Waals surface area contributed by atoms with Crippen molar-refractivity contribution >= 4 is 6.29 Å². The number of rotatable bonds is 8. The summed E-state index contributed by atoms with van der Waals surface area (Å²) in [7, 11) is 0. The molecule has 1 rings (SSSR count). The maximum atomic E-state index is 10.1. The zero-order valence-electron chi connectivity index (χ0n) is 12.3. The molecule has 18 heavy (non-hydrogen) atoms. The number of unbranched alkanes of at least 4 members (excludes halogenated alkanes) is 3. The highest BCUT2D eigenvalue weighted by atomic mass is 16.5. The van der Waals surface area contributed by atoms with Gasteiger partial charge in [0.15, 0.2) is 6.29 Å². The van der Waals surface area contributed by atoms with Gasteiger partial charge in [-0.05, 0) is 43.4 Å². The third-order valence-corrected chi connectivity index (χ3v) is 4.22. The maximum absolute atomic E-state index is 10.1. The second-order valence-corrected chi connectivity index (χ2v) is 6.19. The summed E-state index contributed by atoms with van der Waals surface area (Å²) in [4.78, 5) is 10.1. The lowest BCUT2D eigenvalue weighted by molar-refractivity contribution is -0.0394. The molecule has 0 aromatic carbocycles. The second kappa shape index (κ2) is 8.68. The minimum atomic E-state index is 0.464. The van der Waals surface area contributed by atoms with Crippen LogP contribution < -0.4 is 0 Å². The van der Waals surface area contributed by atoms with Gasteiger partial charge in [0.1, 0.15) is 0 Å². The van der Waals surface area contributed by atoms with Gasteiger partial charge in [-0.2, -0.15) is 0 Å². The number of carbonyl (C=O) groups excluding carboxylic acids is 1. The van der Waals surface area contributed by atoms with E-state index in [4.69, 9.17) is 4.74 Å². The van der Waals surface area contributed by atoms with Crippen molar-refractivity contribution in [1.82, 2.24) is 0 Å². The Balaban J connectivity index is 2.22. The summed E-state index contributed by atoms with van der Waals surface area (Å²) in [5.41, 5.74) is 0. The maximum Gasteiger partial charge on any atom is 0.198 e. The summed E-state index contributed by atoms with van der Waals surface area (Å²) < 4.78 is 6.11. The molecule has 0 N–H and O–H groups in total. The lowest BCUT2D eigenvalue weighted by atomic mass is 9.75. The van der Waals surface area contributed by atoms with Crippen LogP contribution in [0.25, 0.3) is 0 Å².